The zero-order valence-electron chi connectivity index (χ0n) is 11.5. The SMILES string of the molecule is Cc1cc(NC(=O)C(=O)Nc2c(C)cccc2C)no1. The van der Waals surface area contributed by atoms with Gasteiger partial charge in [-0.05, 0) is 31.9 Å². The molecule has 0 bridgehead atoms. The number of carbonyl (C=O) groups is 2. The topological polar surface area (TPSA) is 84.2 Å². The van der Waals surface area contributed by atoms with E-state index in [9.17, 15) is 9.59 Å². The molecule has 20 heavy (non-hydrogen) atoms. The second-order valence-corrected chi connectivity index (χ2v) is 4.50. The lowest BCUT2D eigenvalue weighted by atomic mass is 10.1. The summed E-state index contributed by atoms with van der Waals surface area (Å²) in [6.07, 6.45) is 0. The standard InChI is InChI=1S/C14H15N3O3/c1-8-5-4-6-9(2)12(8)16-14(19)13(18)15-11-7-10(3)20-17-11/h4-7H,1-3H3,(H,16,19)(H,15,17,18). The Labute approximate surface area is 116 Å². The predicted molar refractivity (Wildman–Crippen MR) is 74.4 cm³/mol. The Kier molecular flexibility index (Phi) is 3.84. The Balaban J connectivity index is 2.06. The van der Waals surface area contributed by atoms with Gasteiger partial charge < -0.3 is 9.84 Å². The first kappa shape index (κ1) is 13.8. The third kappa shape index (κ3) is 3.03. The van der Waals surface area contributed by atoms with Gasteiger partial charge in [0.05, 0.1) is 0 Å². The highest BCUT2D eigenvalue weighted by atomic mass is 16.5. The Morgan fingerprint density at radius 3 is 2.20 bits per heavy atom. The number of amides is 2. The lowest BCUT2D eigenvalue weighted by Crippen LogP contribution is -2.29. The van der Waals surface area contributed by atoms with Crippen LogP contribution >= 0.6 is 0 Å². The van der Waals surface area contributed by atoms with Crippen LogP contribution in [0.3, 0.4) is 0 Å². The molecule has 1 heterocycles. The Hall–Kier alpha value is -2.63. The minimum Gasteiger partial charge on any atom is -0.360 e. The highest BCUT2D eigenvalue weighted by Crippen LogP contribution is 2.19. The maximum absolute atomic E-state index is 11.8. The van der Waals surface area contributed by atoms with E-state index in [-0.39, 0.29) is 5.82 Å². The van der Waals surface area contributed by atoms with Crippen molar-refractivity contribution in [3.05, 3.63) is 41.2 Å². The molecule has 0 aliphatic carbocycles. The number of anilines is 2. The van der Waals surface area contributed by atoms with Gasteiger partial charge in [-0.15, -0.1) is 0 Å². The average molecular weight is 273 g/mol. The third-order valence-electron chi connectivity index (χ3n) is 2.80. The molecule has 0 saturated heterocycles. The van der Waals surface area contributed by atoms with Crippen LogP contribution in [0.15, 0.2) is 28.8 Å². The summed E-state index contributed by atoms with van der Waals surface area (Å²) < 4.78 is 4.81. The van der Waals surface area contributed by atoms with Crippen LogP contribution < -0.4 is 10.6 Å². The molecule has 6 nitrogen and oxygen atoms in total. The zero-order chi connectivity index (χ0) is 14.7. The van der Waals surface area contributed by atoms with Gasteiger partial charge >= 0.3 is 11.8 Å². The number of aryl methyl sites for hydroxylation is 3. The van der Waals surface area contributed by atoms with Gasteiger partial charge in [-0.25, -0.2) is 0 Å². The quantitative estimate of drug-likeness (QED) is 0.821. The summed E-state index contributed by atoms with van der Waals surface area (Å²) in [6.45, 7) is 5.42. The summed E-state index contributed by atoms with van der Waals surface area (Å²) in [7, 11) is 0. The van der Waals surface area contributed by atoms with E-state index in [1.807, 2.05) is 32.0 Å². The van der Waals surface area contributed by atoms with E-state index in [1.165, 1.54) is 6.07 Å². The Morgan fingerprint density at radius 2 is 1.65 bits per heavy atom. The fraction of sp³-hybridized carbons (Fsp3) is 0.214. The van der Waals surface area contributed by atoms with Crippen molar-refractivity contribution >= 4 is 23.3 Å². The monoisotopic (exact) mass is 273 g/mol. The lowest BCUT2D eigenvalue weighted by molar-refractivity contribution is -0.133. The molecule has 1 aromatic heterocycles. The number of para-hydroxylation sites is 1. The molecule has 1 aromatic carbocycles. The molecule has 0 fully saturated rings. The molecule has 0 unspecified atom stereocenters. The molecule has 0 saturated carbocycles. The average Bonchev–Trinajstić information content (AvgIpc) is 2.79. The molecule has 104 valence electrons. The number of nitrogens with zero attached hydrogens (tertiary/aromatic N) is 1. The van der Waals surface area contributed by atoms with Crippen LogP contribution in [0.5, 0.6) is 0 Å². The van der Waals surface area contributed by atoms with Crippen LogP contribution in [-0.2, 0) is 9.59 Å². The van der Waals surface area contributed by atoms with E-state index in [0.717, 1.165) is 11.1 Å². The number of rotatable bonds is 2. The van der Waals surface area contributed by atoms with Gasteiger partial charge in [0.15, 0.2) is 5.82 Å². The molecule has 2 amide bonds. The fourth-order valence-corrected chi connectivity index (χ4v) is 1.78. The number of carbonyl (C=O) groups excluding carboxylic acids is 2. The summed E-state index contributed by atoms with van der Waals surface area (Å²) in [5.74, 6) is -0.774. The van der Waals surface area contributed by atoms with E-state index >= 15 is 0 Å². The summed E-state index contributed by atoms with van der Waals surface area (Å²) in [5, 5.41) is 8.56. The molecule has 0 atom stereocenters. The van der Waals surface area contributed by atoms with Crippen molar-refractivity contribution in [2.45, 2.75) is 20.8 Å². The molecular formula is C14H15N3O3. The van der Waals surface area contributed by atoms with E-state index in [1.54, 1.807) is 6.92 Å². The van der Waals surface area contributed by atoms with Gasteiger partial charge in [-0.3, -0.25) is 14.9 Å². The summed E-state index contributed by atoms with van der Waals surface area (Å²) in [6, 6.07) is 7.14. The van der Waals surface area contributed by atoms with E-state index in [2.05, 4.69) is 15.8 Å². The Bertz CT molecular complexity index is 641. The van der Waals surface area contributed by atoms with Gasteiger partial charge in [0.2, 0.25) is 0 Å². The van der Waals surface area contributed by atoms with E-state index in [0.29, 0.717) is 11.4 Å². The molecule has 0 aliphatic heterocycles. The number of hydrogen-bond acceptors (Lipinski definition) is 4. The molecule has 2 N–H and O–H groups in total. The summed E-state index contributed by atoms with van der Waals surface area (Å²) >= 11 is 0. The van der Waals surface area contributed by atoms with Gasteiger partial charge in [-0.1, -0.05) is 23.4 Å². The first-order valence-corrected chi connectivity index (χ1v) is 6.09. The minimum atomic E-state index is -0.791. The molecule has 2 rings (SSSR count). The third-order valence-corrected chi connectivity index (χ3v) is 2.80. The van der Waals surface area contributed by atoms with Crippen LogP contribution in [-0.4, -0.2) is 17.0 Å². The van der Waals surface area contributed by atoms with Crippen molar-refractivity contribution < 1.29 is 14.1 Å². The maximum Gasteiger partial charge on any atom is 0.315 e. The second-order valence-electron chi connectivity index (χ2n) is 4.50. The summed E-state index contributed by atoms with van der Waals surface area (Å²) in [5.41, 5.74) is 2.43. The van der Waals surface area contributed by atoms with Crippen molar-refractivity contribution in [2.75, 3.05) is 10.6 Å². The molecule has 2 aromatic rings. The lowest BCUT2D eigenvalue weighted by Gasteiger charge is -2.10. The normalized spacial score (nSPS) is 10.2. The summed E-state index contributed by atoms with van der Waals surface area (Å²) in [4.78, 5) is 23.6. The fourth-order valence-electron chi connectivity index (χ4n) is 1.78. The van der Waals surface area contributed by atoms with Crippen molar-refractivity contribution in [3.63, 3.8) is 0 Å². The molecular weight excluding hydrogens is 258 g/mol. The smallest absolute Gasteiger partial charge is 0.315 e. The van der Waals surface area contributed by atoms with Crippen molar-refractivity contribution in [2.24, 2.45) is 0 Å². The van der Waals surface area contributed by atoms with Crippen LogP contribution in [0.1, 0.15) is 16.9 Å². The van der Waals surface area contributed by atoms with Gasteiger partial charge in [-0.2, -0.15) is 0 Å². The van der Waals surface area contributed by atoms with Crippen molar-refractivity contribution in [1.82, 2.24) is 5.16 Å². The minimum absolute atomic E-state index is 0.212. The Morgan fingerprint density at radius 1 is 1.05 bits per heavy atom. The highest BCUT2D eigenvalue weighted by Gasteiger charge is 2.17. The molecule has 0 spiro atoms. The predicted octanol–water partition coefficient (Wildman–Crippen LogP) is 2.18. The number of hydrogen-bond donors (Lipinski definition) is 2. The van der Waals surface area contributed by atoms with Gasteiger partial charge in [0.25, 0.3) is 0 Å². The van der Waals surface area contributed by atoms with Crippen LogP contribution in [0.2, 0.25) is 0 Å². The number of benzene rings is 1. The van der Waals surface area contributed by atoms with Crippen LogP contribution in [0.25, 0.3) is 0 Å². The first-order valence-electron chi connectivity index (χ1n) is 6.09. The van der Waals surface area contributed by atoms with Gasteiger partial charge in [0.1, 0.15) is 5.76 Å². The number of nitrogens with one attached hydrogen (secondary N) is 2. The first-order chi connectivity index (χ1) is 9.47. The molecule has 6 heteroatoms. The molecule has 0 aliphatic rings. The zero-order valence-corrected chi connectivity index (χ0v) is 11.5. The van der Waals surface area contributed by atoms with E-state index in [4.69, 9.17) is 4.52 Å². The van der Waals surface area contributed by atoms with Crippen LogP contribution in [0.4, 0.5) is 11.5 Å². The largest absolute Gasteiger partial charge is 0.360 e. The highest BCUT2D eigenvalue weighted by molar-refractivity contribution is 6.43. The number of aromatic nitrogens is 1. The molecule has 0 radical (unpaired) electrons. The second kappa shape index (κ2) is 5.56. The van der Waals surface area contributed by atoms with Crippen molar-refractivity contribution in [1.29, 1.82) is 0 Å². The van der Waals surface area contributed by atoms with Crippen molar-refractivity contribution in [3.8, 4) is 0 Å². The van der Waals surface area contributed by atoms with Gasteiger partial charge in [0, 0.05) is 11.8 Å². The maximum atomic E-state index is 11.8. The van der Waals surface area contributed by atoms with Crippen LogP contribution in [0, 0.1) is 20.8 Å². The van der Waals surface area contributed by atoms with E-state index < -0.39 is 11.8 Å².